The highest BCUT2D eigenvalue weighted by molar-refractivity contribution is 7.09. The fourth-order valence-corrected chi connectivity index (χ4v) is 3.26. The molecule has 27 heavy (non-hydrogen) atoms. The van der Waals surface area contributed by atoms with Crippen molar-refractivity contribution >= 4 is 28.8 Å². The first kappa shape index (κ1) is 18.8. The third-order valence-electron chi connectivity index (χ3n) is 4.12. The predicted molar refractivity (Wildman–Crippen MR) is 108 cm³/mol. The van der Waals surface area contributed by atoms with E-state index in [0.29, 0.717) is 29.8 Å². The summed E-state index contributed by atoms with van der Waals surface area (Å²) >= 11 is 1.60. The number of carbonyl (C=O) groups is 2. The Morgan fingerprint density at radius 3 is 2.48 bits per heavy atom. The van der Waals surface area contributed by atoms with Crippen molar-refractivity contribution in [2.45, 2.75) is 20.3 Å². The van der Waals surface area contributed by atoms with Gasteiger partial charge in [0, 0.05) is 35.2 Å². The van der Waals surface area contributed by atoms with E-state index in [1.165, 1.54) is 0 Å². The minimum atomic E-state index is -0.199. The van der Waals surface area contributed by atoms with Crippen LogP contribution in [0.4, 0.5) is 5.69 Å². The highest BCUT2D eigenvalue weighted by Crippen LogP contribution is 2.18. The van der Waals surface area contributed by atoms with E-state index in [1.807, 2.05) is 43.5 Å². The molecule has 2 N–H and O–H groups in total. The fourth-order valence-electron chi connectivity index (χ4n) is 2.61. The summed E-state index contributed by atoms with van der Waals surface area (Å²) in [6.07, 6.45) is 0.694. The maximum atomic E-state index is 12.4. The fraction of sp³-hybridized carbons (Fsp3) is 0.190. The van der Waals surface area contributed by atoms with Gasteiger partial charge >= 0.3 is 0 Å². The lowest BCUT2D eigenvalue weighted by molar-refractivity contribution is 0.0952. The molecule has 0 unspecified atom stereocenters. The summed E-state index contributed by atoms with van der Waals surface area (Å²) < 4.78 is 0. The lowest BCUT2D eigenvalue weighted by atomic mass is 10.1. The molecular formula is C21H21N3O2S. The van der Waals surface area contributed by atoms with E-state index in [0.717, 1.165) is 16.3 Å². The van der Waals surface area contributed by atoms with Gasteiger partial charge in [-0.05, 0) is 43.7 Å². The molecule has 5 nitrogen and oxygen atoms in total. The minimum absolute atomic E-state index is 0.169. The number of hydrogen-bond donors (Lipinski definition) is 2. The normalized spacial score (nSPS) is 10.4. The molecule has 138 valence electrons. The number of aryl methyl sites for hydroxylation is 2. The quantitative estimate of drug-likeness (QED) is 0.680. The van der Waals surface area contributed by atoms with Crippen LogP contribution in [-0.2, 0) is 6.42 Å². The van der Waals surface area contributed by atoms with Crippen LogP contribution in [-0.4, -0.2) is 23.3 Å². The molecule has 1 aromatic heterocycles. The molecule has 0 spiro atoms. The highest BCUT2D eigenvalue weighted by atomic mass is 32.1. The third kappa shape index (κ3) is 5.01. The molecule has 0 aliphatic heterocycles. The number of anilines is 1. The number of nitrogens with one attached hydrogen (secondary N) is 2. The zero-order valence-electron chi connectivity index (χ0n) is 15.3. The van der Waals surface area contributed by atoms with Crippen molar-refractivity contribution in [2.24, 2.45) is 0 Å². The van der Waals surface area contributed by atoms with Gasteiger partial charge in [0.1, 0.15) is 0 Å². The zero-order chi connectivity index (χ0) is 19.2. The SMILES string of the molecule is Cc1nc(CCNC(=O)c2ccc(C)c(NC(=O)c3ccccc3)c2)cs1. The lowest BCUT2D eigenvalue weighted by Gasteiger charge is -2.11. The highest BCUT2D eigenvalue weighted by Gasteiger charge is 2.11. The average molecular weight is 379 g/mol. The summed E-state index contributed by atoms with van der Waals surface area (Å²) in [7, 11) is 0. The predicted octanol–water partition coefficient (Wildman–Crippen LogP) is 3.98. The van der Waals surface area contributed by atoms with Gasteiger partial charge in [0.25, 0.3) is 11.8 Å². The van der Waals surface area contributed by atoms with Gasteiger partial charge in [-0.25, -0.2) is 4.98 Å². The second-order valence-corrected chi connectivity index (χ2v) is 7.28. The van der Waals surface area contributed by atoms with E-state index in [1.54, 1.807) is 35.6 Å². The Hall–Kier alpha value is -2.99. The molecule has 0 bridgehead atoms. The Balaban J connectivity index is 1.63. The monoisotopic (exact) mass is 379 g/mol. The summed E-state index contributed by atoms with van der Waals surface area (Å²) in [6, 6.07) is 14.3. The van der Waals surface area contributed by atoms with E-state index >= 15 is 0 Å². The Morgan fingerprint density at radius 1 is 1.00 bits per heavy atom. The van der Waals surface area contributed by atoms with E-state index in [2.05, 4.69) is 15.6 Å². The van der Waals surface area contributed by atoms with E-state index in [-0.39, 0.29) is 11.8 Å². The number of rotatable bonds is 6. The van der Waals surface area contributed by atoms with E-state index in [4.69, 9.17) is 0 Å². The summed E-state index contributed by atoms with van der Waals surface area (Å²) in [5.74, 6) is -0.368. The molecule has 0 radical (unpaired) electrons. The van der Waals surface area contributed by atoms with Gasteiger partial charge in [-0.1, -0.05) is 24.3 Å². The number of benzene rings is 2. The Kier molecular flexibility index (Phi) is 5.98. The molecule has 0 aliphatic carbocycles. The van der Waals surface area contributed by atoms with Crippen LogP contribution in [0.5, 0.6) is 0 Å². The average Bonchev–Trinajstić information content (AvgIpc) is 3.09. The molecule has 0 fully saturated rings. The summed E-state index contributed by atoms with van der Waals surface area (Å²) in [6.45, 7) is 4.37. The van der Waals surface area contributed by atoms with Crippen molar-refractivity contribution < 1.29 is 9.59 Å². The second kappa shape index (κ2) is 8.60. The summed E-state index contributed by atoms with van der Waals surface area (Å²) in [5, 5.41) is 8.81. The van der Waals surface area contributed by atoms with Crippen LogP contribution in [0.25, 0.3) is 0 Å². The van der Waals surface area contributed by atoms with E-state index in [9.17, 15) is 9.59 Å². The number of amides is 2. The molecule has 0 saturated heterocycles. The molecule has 0 aliphatic rings. The topological polar surface area (TPSA) is 71.1 Å². The van der Waals surface area contributed by atoms with Crippen molar-refractivity contribution in [3.8, 4) is 0 Å². The van der Waals surface area contributed by atoms with Crippen molar-refractivity contribution in [3.05, 3.63) is 81.3 Å². The van der Waals surface area contributed by atoms with E-state index < -0.39 is 0 Å². The maximum absolute atomic E-state index is 12.4. The number of nitrogens with zero attached hydrogens (tertiary/aromatic N) is 1. The number of aromatic nitrogens is 1. The zero-order valence-corrected chi connectivity index (χ0v) is 16.1. The number of hydrogen-bond acceptors (Lipinski definition) is 4. The largest absolute Gasteiger partial charge is 0.352 e. The first-order valence-electron chi connectivity index (χ1n) is 8.69. The molecule has 2 amide bonds. The Labute approximate surface area is 162 Å². The lowest BCUT2D eigenvalue weighted by Crippen LogP contribution is -2.26. The van der Waals surface area contributed by atoms with Gasteiger partial charge in [-0.3, -0.25) is 9.59 Å². The van der Waals surface area contributed by atoms with Crippen molar-refractivity contribution in [1.29, 1.82) is 0 Å². The summed E-state index contributed by atoms with van der Waals surface area (Å²) in [5.41, 5.74) is 3.60. The first-order valence-corrected chi connectivity index (χ1v) is 9.57. The minimum Gasteiger partial charge on any atom is -0.352 e. The van der Waals surface area contributed by atoms with Gasteiger partial charge in [0.15, 0.2) is 0 Å². The van der Waals surface area contributed by atoms with Gasteiger partial charge in [0.2, 0.25) is 0 Å². The van der Waals surface area contributed by atoms with Crippen LogP contribution in [0.15, 0.2) is 53.9 Å². The standard InChI is InChI=1S/C21H21N3O2S/c1-14-8-9-17(20(25)22-11-10-18-13-27-15(2)23-18)12-19(14)24-21(26)16-6-4-3-5-7-16/h3-9,12-13H,10-11H2,1-2H3,(H,22,25)(H,24,26). The van der Waals surface area contributed by atoms with Crippen molar-refractivity contribution in [1.82, 2.24) is 10.3 Å². The molecule has 2 aromatic carbocycles. The summed E-state index contributed by atoms with van der Waals surface area (Å²) in [4.78, 5) is 29.2. The van der Waals surface area contributed by atoms with Crippen LogP contribution in [0.1, 0.15) is 37.0 Å². The molecule has 3 rings (SSSR count). The number of carbonyl (C=O) groups excluding carboxylic acids is 2. The van der Waals surface area contributed by atoms with Crippen molar-refractivity contribution in [2.75, 3.05) is 11.9 Å². The van der Waals surface area contributed by atoms with Gasteiger partial charge in [-0.2, -0.15) is 0 Å². The van der Waals surface area contributed by atoms with Gasteiger partial charge in [0.05, 0.1) is 10.7 Å². The number of thiazole rings is 1. The second-order valence-electron chi connectivity index (χ2n) is 6.21. The van der Waals surface area contributed by atoms with Crippen molar-refractivity contribution in [3.63, 3.8) is 0 Å². The Bertz CT molecular complexity index is 951. The molecule has 6 heteroatoms. The van der Waals surface area contributed by atoms with Crippen LogP contribution < -0.4 is 10.6 Å². The Morgan fingerprint density at radius 2 is 1.78 bits per heavy atom. The molecule has 3 aromatic rings. The first-order chi connectivity index (χ1) is 13.0. The van der Waals surface area contributed by atoms with Gasteiger partial charge in [-0.15, -0.1) is 11.3 Å². The van der Waals surface area contributed by atoms with Crippen LogP contribution in [0.3, 0.4) is 0 Å². The molecule has 0 atom stereocenters. The molecular weight excluding hydrogens is 358 g/mol. The third-order valence-corrected chi connectivity index (χ3v) is 4.94. The van der Waals surface area contributed by atoms with Crippen LogP contribution in [0.2, 0.25) is 0 Å². The van der Waals surface area contributed by atoms with Crippen LogP contribution >= 0.6 is 11.3 Å². The van der Waals surface area contributed by atoms with Crippen LogP contribution in [0, 0.1) is 13.8 Å². The van der Waals surface area contributed by atoms with Gasteiger partial charge < -0.3 is 10.6 Å². The molecule has 1 heterocycles. The smallest absolute Gasteiger partial charge is 0.255 e. The molecule has 0 saturated carbocycles. The maximum Gasteiger partial charge on any atom is 0.255 e.